The van der Waals surface area contributed by atoms with Crippen LogP contribution in [0.4, 0.5) is 0 Å². The first-order chi connectivity index (χ1) is 12.3. The number of rotatable bonds is 10. The number of benzene rings is 1. The molecule has 1 aromatic carbocycles. The van der Waals surface area contributed by atoms with Crippen LogP contribution in [0.25, 0.3) is 0 Å². The van der Waals surface area contributed by atoms with Crippen molar-refractivity contribution in [1.82, 2.24) is 10.6 Å². The topological polar surface area (TPSA) is 112 Å². The van der Waals surface area contributed by atoms with Gasteiger partial charge in [0.2, 0.25) is 17.6 Å². The maximum absolute atomic E-state index is 11.9. The molecule has 0 heterocycles. The Labute approximate surface area is 154 Å². The van der Waals surface area contributed by atoms with E-state index in [9.17, 15) is 9.59 Å². The quantitative estimate of drug-likeness (QED) is 0.564. The van der Waals surface area contributed by atoms with Gasteiger partial charge in [-0.2, -0.15) is 0 Å². The molecule has 0 aliphatic rings. The molecule has 0 aromatic heterocycles. The number of ether oxygens (including phenoxy) is 3. The third-order valence-electron chi connectivity index (χ3n) is 3.74. The Morgan fingerprint density at radius 3 is 2.15 bits per heavy atom. The van der Waals surface area contributed by atoms with Crippen LogP contribution in [0.2, 0.25) is 0 Å². The normalized spacial score (nSPS) is 11.7. The minimum absolute atomic E-state index is 0.00171. The van der Waals surface area contributed by atoms with Crippen molar-refractivity contribution in [2.75, 3.05) is 27.4 Å². The molecule has 0 spiro atoms. The van der Waals surface area contributed by atoms with Crippen molar-refractivity contribution in [2.24, 2.45) is 11.7 Å². The summed E-state index contributed by atoms with van der Waals surface area (Å²) in [5.41, 5.74) is 6.51. The van der Waals surface area contributed by atoms with Gasteiger partial charge in [0.15, 0.2) is 11.5 Å². The van der Waals surface area contributed by atoms with E-state index in [2.05, 4.69) is 10.6 Å². The lowest BCUT2D eigenvalue weighted by Gasteiger charge is -2.16. The van der Waals surface area contributed by atoms with Gasteiger partial charge in [0.1, 0.15) is 0 Å². The summed E-state index contributed by atoms with van der Waals surface area (Å²) in [6.45, 7) is 6.15. The Bertz CT molecular complexity index is 594. The Morgan fingerprint density at radius 1 is 1.12 bits per heavy atom. The second-order valence-electron chi connectivity index (χ2n) is 6.03. The second kappa shape index (κ2) is 10.5. The molecule has 4 N–H and O–H groups in total. The second-order valence-corrected chi connectivity index (χ2v) is 6.03. The SMILES string of the molecule is CCOc1c(OC)cc(CNC(=O)CNC(=O)[C@@H](N)C(C)C)cc1OC. The summed E-state index contributed by atoms with van der Waals surface area (Å²) in [5.74, 6) is 0.892. The van der Waals surface area contributed by atoms with E-state index in [1.807, 2.05) is 20.8 Å². The molecular formula is C18H29N3O5. The van der Waals surface area contributed by atoms with Crippen LogP contribution in [0.1, 0.15) is 26.3 Å². The van der Waals surface area contributed by atoms with Gasteiger partial charge in [-0.1, -0.05) is 13.8 Å². The van der Waals surface area contributed by atoms with Gasteiger partial charge >= 0.3 is 0 Å². The van der Waals surface area contributed by atoms with Gasteiger partial charge in [-0.3, -0.25) is 9.59 Å². The summed E-state index contributed by atoms with van der Waals surface area (Å²) in [5, 5.41) is 5.26. The Hall–Kier alpha value is -2.48. The predicted molar refractivity (Wildman–Crippen MR) is 98.4 cm³/mol. The minimum Gasteiger partial charge on any atom is -0.493 e. The van der Waals surface area contributed by atoms with Crippen LogP contribution in [0.15, 0.2) is 12.1 Å². The number of carbonyl (C=O) groups is 2. The number of hydrogen-bond donors (Lipinski definition) is 3. The third kappa shape index (κ3) is 6.11. The zero-order valence-electron chi connectivity index (χ0n) is 16.0. The molecule has 0 bridgehead atoms. The number of nitrogens with one attached hydrogen (secondary N) is 2. The highest BCUT2D eigenvalue weighted by atomic mass is 16.5. The Balaban J connectivity index is 2.66. The average Bonchev–Trinajstić information content (AvgIpc) is 2.64. The summed E-state index contributed by atoms with van der Waals surface area (Å²) in [6, 6.07) is 2.89. The fourth-order valence-electron chi connectivity index (χ4n) is 2.17. The summed E-state index contributed by atoms with van der Waals surface area (Å²) >= 11 is 0. The van der Waals surface area contributed by atoms with Crippen molar-refractivity contribution in [3.63, 3.8) is 0 Å². The standard InChI is InChI=1S/C18H29N3O5/c1-6-26-17-13(24-4)7-12(8-14(17)25-5)9-20-15(22)10-21-18(23)16(19)11(2)3/h7-8,11,16H,6,9-10,19H2,1-5H3,(H,20,22)(H,21,23)/t16-/m0/s1. The van der Waals surface area contributed by atoms with Crippen LogP contribution in [-0.4, -0.2) is 45.2 Å². The first-order valence-corrected chi connectivity index (χ1v) is 8.51. The van der Waals surface area contributed by atoms with Crippen LogP contribution < -0.4 is 30.6 Å². The summed E-state index contributed by atoms with van der Waals surface area (Å²) in [4.78, 5) is 23.7. The Kier molecular flexibility index (Phi) is 8.71. The molecule has 0 aliphatic heterocycles. The van der Waals surface area contributed by atoms with Gasteiger partial charge in [0.05, 0.1) is 33.4 Å². The zero-order chi connectivity index (χ0) is 19.7. The van der Waals surface area contributed by atoms with Crippen molar-refractivity contribution in [2.45, 2.75) is 33.4 Å². The largest absolute Gasteiger partial charge is 0.493 e. The van der Waals surface area contributed by atoms with E-state index in [0.717, 1.165) is 5.56 Å². The van der Waals surface area contributed by atoms with Gasteiger partial charge in [0.25, 0.3) is 0 Å². The molecule has 0 aliphatic carbocycles. The molecule has 146 valence electrons. The predicted octanol–water partition coefficient (Wildman–Crippen LogP) is 0.818. The van der Waals surface area contributed by atoms with Crippen LogP contribution in [-0.2, 0) is 16.1 Å². The fourth-order valence-corrected chi connectivity index (χ4v) is 2.17. The summed E-state index contributed by atoms with van der Waals surface area (Å²) in [7, 11) is 3.07. The van der Waals surface area contributed by atoms with Gasteiger partial charge in [-0.05, 0) is 30.5 Å². The number of nitrogens with two attached hydrogens (primary N) is 1. The number of carbonyl (C=O) groups excluding carboxylic acids is 2. The van der Waals surface area contributed by atoms with Gasteiger partial charge in [0, 0.05) is 6.54 Å². The van der Waals surface area contributed by atoms with E-state index in [-0.39, 0.29) is 30.8 Å². The first kappa shape index (κ1) is 21.6. The van der Waals surface area contributed by atoms with Crippen molar-refractivity contribution in [1.29, 1.82) is 0 Å². The minimum atomic E-state index is -0.637. The monoisotopic (exact) mass is 367 g/mol. The van der Waals surface area contributed by atoms with Crippen LogP contribution in [0.5, 0.6) is 17.2 Å². The molecule has 0 saturated heterocycles. The van der Waals surface area contributed by atoms with Crippen molar-refractivity contribution < 1.29 is 23.8 Å². The first-order valence-electron chi connectivity index (χ1n) is 8.51. The molecule has 8 nitrogen and oxygen atoms in total. The van der Waals surface area contributed by atoms with Gasteiger partial charge < -0.3 is 30.6 Å². The van der Waals surface area contributed by atoms with E-state index in [4.69, 9.17) is 19.9 Å². The summed E-state index contributed by atoms with van der Waals surface area (Å²) in [6.07, 6.45) is 0. The smallest absolute Gasteiger partial charge is 0.239 e. The van der Waals surface area contributed by atoms with Crippen molar-refractivity contribution >= 4 is 11.8 Å². The summed E-state index contributed by atoms with van der Waals surface area (Å²) < 4.78 is 16.2. The molecule has 2 amide bonds. The van der Waals surface area contributed by atoms with E-state index in [0.29, 0.717) is 23.9 Å². The van der Waals surface area contributed by atoms with Crippen LogP contribution in [0, 0.1) is 5.92 Å². The highest BCUT2D eigenvalue weighted by Gasteiger charge is 2.18. The maximum atomic E-state index is 11.9. The Morgan fingerprint density at radius 2 is 1.69 bits per heavy atom. The van der Waals surface area contributed by atoms with Crippen LogP contribution in [0.3, 0.4) is 0 Å². The lowest BCUT2D eigenvalue weighted by atomic mass is 10.1. The molecule has 1 atom stereocenters. The number of amides is 2. The molecule has 26 heavy (non-hydrogen) atoms. The van der Waals surface area contributed by atoms with E-state index in [1.165, 1.54) is 14.2 Å². The molecule has 0 fully saturated rings. The van der Waals surface area contributed by atoms with Gasteiger partial charge in [-0.25, -0.2) is 0 Å². The van der Waals surface area contributed by atoms with E-state index < -0.39 is 6.04 Å². The molecule has 1 rings (SSSR count). The fraction of sp³-hybridized carbons (Fsp3) is 0.556. The molecule has 0 radical (unpaired) electrons. The molecular weight excluding hydrogens is 338 g/mol. The maximum Gasteiger partial charge on any atom is 0.239 e. The number of hydrogen-bond acceptors (Lipinski definition) is 6. The molecule has 8 heteroatoms. The lowest BCUT2D eigenvalue weighted by Crippen LogP contribution is -2.47. The highest BCUT2D eigenvalue weighted by molar-refractivity contribution is 5.87. The highest BCUT2D eigenvalue weighted by Crippen LogP contribution is 2.38. The zero-order valence-corrected chi connectivity index (χ0v) is 16.0. The molecule has 0 unspecified atom stereocenters. The lowest BCUT2D eigenvalue weighted by molar-refractivity contribution is -0.127. The van der Waals surface area contributed by atoms with E-state index >= 15 is 0 Å². The average molecular weight is 367 g/mol. The van der Waals surface area contributed by atoms with Crippen molar-refractivity contribution in [3.05, 3.63) is 17.7 Å². The molecule has 0 saturated carbocycles. The van der Waals surface area contributed by atoms with E-state index in [1.54, 1.807) is 12.1 Å². The third-order valence-corrected chi connectivity index (χ3v) is 3.74. The van der Waals surface area contributed by atoms with Crippen LogP contribution >= 0.6 is 0 Å². The van der Waals surface area contributed by atoms with Gasteiger partial charge in [-0.15, -0.1) is 0 Å². The number of methoxy groups -OCH3 is 2. The van der Waals surface area contributed by atoms with Crippen molar-refractivity contribution in [3.8, 4) is 17.2 Å². The molecule has 1 aromatic rings.